The highest BCUT2D eigenvalue weighted by molar-refractivity contribution is 5.95. The van der Waals surface area contributed by atoms with Gasteiger partial charge in [0.1, 0.15) is 5.69 Å². The maximum Gasteiger partial charge on any atom is 0.293 e. The number of carbonyl (C=O) groups excluding carboxylic acids is 1. The van der Waals surface area contributed by atoms with Gasteiger partial charge < -0.3 is 16.0 Å². The van der Waals surface area contributed by atoms with Gasteiger partial charge in [0, 0.05) is 31.3 Å². The molecule has 25 heavy (non-hydrogen) atoms. The number of rotatable bonds is 6. The molecular formula is C18H28N4O3. The predicted molar refractivity (Wildman–Crippen MR) is 98.8 cm³/mol. The molecule has 7 nitrogen and oxygen atoms in total. The smallest absolute Gasteiger partial charge is 0.293 e. The van der Waals surface area contributed by atoms with E-state index in [1.54, 1.807) is 12.1 Å². The minimum absolute atomic E-state index is 0.0131. The van der Waals surface area contributed by atoms with Gasteiger partial charge in [0.25, 0.3) is 11.6 Å². The van der Waals surface area contributed by atoms with Crippen molar-refractivity contribution < 1.29 is 9.72 Å². The first-order valence-corrected chi connectivity index (χ1v) is 8.83. The molecule has 1 aliphatic heterocycles. The van der Waals surface area contributed by atoms with Crippen LogP contribution in [0.5, 0.6) is 0 Å². The molecule has 0 radical (unpaired) electrons. The van der Waals surface area contributed by atoms with Gasteiger partial charge in [0.15, 0.2) is 0 Å². The molecule has 7 heteroatoms. The minimum Gasteiger partial charge on any atom is -0.365 e. The first kappa shape index (κ1) is 19.2. The molecule has 1 aromatic rings. The SMILES string of the molecule is CC(CN)CNC(=O)c1ccc(N2CC(C)CC(C)C2)c([N+](=O)[O-])c1. The van der Waals surface area contributed by atoms with E-state index >= 15 is 0 Å². The highest BCUT2D eigenvalue weighted by Crippen LogP contribution is 2.33. The lowest BCUT2D eigenvalue weighted by Gasteiger charge is -2.36. The molecule has 2 rings (SSSR count). The third-order valence-electron chi connectivity index (χ3n) is 4.66. The number of nitro benzene ring substituents is 1. The lowest BCUT2D eigenvalue weighted by atomic mass is 9.91. The van der Waals surface area contributed by atoms with Crippen molar-refractivity contribution in [1.82, 2.24) is 5.32 Å². The zero-order valence-corrected chi connectivity index (χ0v) is 15.2. The Hall–Kier alpha value is -2.15. The van der Waals surface area contributed by atoms with Crippen LogP contribution in [0.4, 0.5) is 11.4 Å². The van der Waals surface area contributed by atoms with Crippen molar-refractivity contribution >= 4 is 17.3 Å². The number of hydrogen-bond donors (Lipinski definition) is 2. The van der Waals surface area contributed by atoms with E-state index in [0.29, 0.717) is 36.2 Å². The second-order valence-corrected chi connectivity index (χ2v) is 7.36. The number of benzene rings is 1. The Bertz CT molecular complexity index is 625. The van der Waals surface area contributed by atoms with Gasteiger partial charge in [-0.05, 0) is 42.9 Å². The maximum absolute atomic E-state index is 12.2. The van der Waals surface area contributed by atoms with Gasteiger partial charge in [-0.3, -0.25) is 14.9 Å². The molecule has 1 amide bonds. The summed E-state index contributed by atoms with van der Waals surface area (Å²) in [4.78, 5) is 25.4. The number of nitrogens with zero attached hydrogens (tertiary/aromatic N) is 2. The molecule has 1 aromatic carbocycles. The van der Waals surface area contributed by atoms with Gasteiger partial charge in [0.05, 0.1) is 4.92 Å². The highest BCUT2D eigenvalue weighted by Gasteiger charge is 2.27. The molecule has 1 saturated heterocycles. The van der Waals surface area contributed by atoms with Crippen molar-refractivity contribution in [3.05, 3.63) is 33.9 Å². The summed E-state index contributed by atoms with van der Waals surface area (Å²) in [7, 11) is 0. The van der Waals surface area contributed by atoms with Crippen molar-refractivity contribution in [3.63, 3.8) is 0 Å². The summed E-state index contributed by atoms with van der Waals surface area (Å²) < 4.78 is 0. The summed E-state index contributed by atoms with van der Waals surface area (Å²) in [6, 6.07) is 4.74. The number of nitrogens with one attached hydrogen (secondary N) is 1. The normalized spacial score (nSPS) is 21.7. The average Bonchev–Trinajstić information content (AvgIpc) is 2.57. The number of nitro groups is 1. The lowest BCUT2D eigenvalue weighted by molar-refractivity contribution is -0.384. The Kier molecular flexibility index (Phi) is 6.36. The summed E-state index contributed by atoms with van der Waals surface area (Å²) in [6.07, 6.45) is 1.13. The van der Waals surface area contributed by atoms with E-state index in [1.807, 2.05) is 6.92 Å². The molecule has 0 bridgehead atoms. The average molecular weight is 348 g/mol. The largest absolute Gasteiger partial charge is 0.365 e. The molecule has 1 aliphatic rings. The van der Waals surface area contributed by atoms with Crippen molar-refractivity contribution in [3.8, 4) is 0 Å². The summed E-state index contributed by atoms with van der Waals surface area (Å²) in [5, 5.41) is 14.3. The van der Waals surface area contributed by atoms with E-state index < -0.39 is 4.92 Å². The summed E-state index contributed by atoms with van der Waals surface area (Å²) in [6.45, 7) is 8.78. The van der Waals surface area contributed by atoms with Crippen LogP contribution in [0, 0.1) is 27.9 Å². The van der Waals surface area contributed by atoms with Crippen LogP contribution in [0.1, 0.15) is 37.6 Å². The van der Waals surface area contributed by atoms with Gasteiger partial charge in [-0.15, -0.1) is 0 Å². The van der Waals surface area contributed by atoms with Crippen molar-refractivity contribution in [2.75, 3.05) is 31.1 Å². The fourth-order valence-corrected chi connectivity index (χ4v) is 3.39. The van der Waals surface area contributed by atoms with Crippen molar-refractivity contribution in [2.24, 2.45) is 23.5 Å². The van der Waals surface area contributed by atoms with Crippen LogP contribution in [-0.4, -0.2) is 37.0 Å². The predicted octanol–water partition coefficient (Wildman–Crippen LogP) is 2.40. The second kappa shape index (κ2) is 8.29. The monoisotopic (exact) mass is 348 g/mol. The van der Waals surface area contributed by atoms with Crippen LogP contribution in [0.15, 0.2) is 18.2 Å². The topological polar surface area (TPSA) is 102 Å². The van der Waals surface area contributed by atoms with Gasteiger partial charge in [-0.25, -0.2) is 0 Å². The van der Waals surface area contributed by atoms with Crippen LogP contribution in [0.3, 0.4) is 0 Å². The van der Waals surface area contributed by atoms with Crippen LogP contribution < -0.4 is 16.0 Å². The highest BCUT2D eigenvalue weighted by atomic mass is 16.6. The fraction of sp³-hybridized carbons (Fsp3) is 0.611. The zero-order chi connectivity index (χ0) is 18.6. The maximum atomic E-state index is 12.2. The summed E-state index contributed by atoms with van der Waals surface area (Å²) in [5.41, 5.74) is 6.42. The molecule has 0 saturated carbocycles. The minimum atomic E-state index is -0.404. The van der Waals surface area contributed by atoms with Crippen LogP contribution >= 0.6 is 0 Å². The van der Waals surface area contributed by atoms with E-state index in [-0.39, 0.29) is 17.5 Å². The molecule has 3 unspecified atom stereocenters. The molecule has 1 fully saturated rings. The third-order valence-corrected chi connectivity index (χ3v) is 4.66. The number of anilines is 1. The molecule has 0 spiro atoms. The van der Waals surface area contributed by atoms with E-state index in [1.165, 1.54) is 6.07 Å². The quantitative estimate of drug-likeness (QED) is 0.607. The summed E-state index contributed by atoms with van der Waals surface area (Å²) in [5.74, 6) is 0.832. The van der Waals surface area contributed by atoms with Crippen LogP contribution in [0.25, 0.3) is 0 Å². The van der Waals surface area contributed by atoms with Gasteiger partial charge in [-0.1, -0.05) is 20.8 Å². The number of nitrogens with two attached hydrogens (primary N) is 1. The van der Waals surface area contributed by atoms with Crippen molar-refractivity contribution in [1.29, 1.82) is 0 Å². The van der Waals surface area contributed by atoms with Crippen molar-refractivity contribution in [2.45, 2.75) is 27.2 Å². The fourth-order valence-electron chi connectivity index (χ4n) is 3.39. The van der Waals surface area contributed by atoms with Gasteiger partial charge in [0.2, 0.25) is 0 Å². The van der Waals surface area contributed by atoms with E-state index in [4.69, 9.17) is 5.73 Å². The van der Waals surface area contributed by atoms with E-state index in [9.17, 15) is 14.9 Å². The number of hydrogen-bond acceptors (Lipinski definition) is 5. The Morgan fingerprint density at radius 1 is 1.40 bits per heavy atom. The van der Waals surface area contributed by atoms with Gasteiger partial charge >= 0.3 is 0 Å². The Labute approximate surface area is 148 Å². The Morgan fingerprint density at radius 2 is 2.04 bits per heavy atom. The summed E-state index contributed by atoms with van der Waals surface area (Å²) >= 11 is 0. The third kappa shape index (κ3) is 4.92. The van der Waals surface area contributed by atoms with Crippen LogP contribution in [0.2, 0.25) is 0 Å². The zero-order valence-electron chi connectivity index (χ0n) is 15.2. The standard InChI is InChI=1S/C18H28N4O3/c1-12-6-13(2)11-21(10-12)16-5-4-15(7-17(16)22(24)25)18(23)20-9-14(3)8-19/h4-5,7,12-14H,6,8-11,19H2,1-3H3,(H,20,23). The molecule has 3 atom stereocenters. The lowest BCUT2D eigenvalue weighted by Crippen LogP contribution is -2.39. The first-order valence-electron chi connectivity index (χ1n) is 8.83. The Balaban J connectivity index is 2.22. The number of carbonyl (C=O) groups is 1. The molecule has 0 aromatic heterocycles. The molecule has 0 aliphatic carbocycles. The first-order chi connectivity index (χ1) is 11.8. The number of piperidine rings is 1. The Morgan fingerprint density at radius 3 is 2.60 bits per heavy atom. The second-order valence-electron chi connectivity index (χ2n) is 7.36. The molecule has 138 valence electrons. The molecule has 1 heterocycles. The van der Waals surface area contributed by atoms with Crippen LogP contribution in [-0.2, 0) is 0 Å². The van der Waals surface area contributed by atoms with E-state index in [0.717, 1.165) is 19.5 Å². The van der Waals surface area contributed by atoms with Gasteiger partial charge in [-0.2, -0.15) is 0 Å². The number of amides is 1. The molecule has 3 N–H and O–H groups in total. The van der Waals surface area contributed by atoms with E-state index in [2.05, 4.69) is 24.1 Å². The molecular weight excluding hydrogens is 320 g/mol.